The van der Waals surface area contributed by atoms with Gasteiger partial charge in [0.2, 0.25) is 5.95 Å². The maximum absolute atomic E-state index is 13.5. The van der Waals surface area contributed by atoms with Gasteiger partial charge in [0, 0.05) is 25.7 Å². The predicted octanol–water partition coefficient (Wildman–Crippen LogP) is 1.31. The third kappa shape index (κ3) is 6.62. The molecule has 7 atom stereocenters. The van der Waals surface area contributed by atoms with Gasteiger partial charge in [0.25, 0.3) is 0 Å². The van der Waals surface area contributed by atoms with E-state index >= 15 is 0 Å². The number of carbonyl (C=O) groups is 1. The second kappa shape index (κ2) is 13.7. The Kier molecular flexibility index (Phi) is 10.0. The van der Waals surface area contributed by atoms with Crippen LogP contribution in [0, 0.1) is 0 Å². The summed E-state index contributed by atoms with van der Waals surface area (Å²) in [6, 6.07) is 5.85. The van der Waals surface area contributed by atoms with Gasteiger partial charge < -0.3 is 45.0 Å². The molecular weight excluding hydrogens is 609 g/mol. The Morgan fingerprint density at radius 3 is 2.48 bits per heavy atom. The highest BCUT2D eigenvalue weighted by molar-refractivity contribution is 5.85. The van der Waals surface area contributed by atoms with E-state index < -0.39 is 55.1 Å². The lowest BCUT2D eigenvalue weighted by atomic mass is 10.0. The minimum atomic E-state index is -5.14. The number of aliphatic hydroxyl groups excluding tert-OH is 4. The summed E-state index contributed by atoms with van der Waals surface area (Å²) < 4.78 is 41.9. The third-order valence-electron chi connectivity index (χ3n) is 8.97. The van der Waals surface area contributed by atoms with Gasteiger partial charge in [-0.2, -0.15) is 23.1 Å². The number of carbonyl (C=O) groups excluding carboxylic acids is 1. The standard InChI is InChI=1S/C30H41F3N8O5/c1-4-11-40(28(46)30(31,32)33)20-13-21(25(45)24(20)44)41-16-34-22-26(35-19(15-42)23(43)17-8-6-5-7-9-17)36-29(37-27(22)41)39-12-10-18(14-39)38(2)3/h5-9,16,18-21,23-25,42-45H,4,10-15H2,1-3H3,(H,35,36,37)/t18-,19+,20+,21-,23-,24-,25+/m1/s1. The topological polar surface area (TPSA) is 163 Å². The lowest BCUT2D eigenvalue weighted by molar-refractivity contribution is -0.190. The number of anilines is 2. The molecule has 1 aliphatic heterocycles. The van der Waals surface area contributed by atoms with Gasteiger partial charge in [-0.25, -0.2) is 4.98 Å². The molecule has 13 nitrogen and oxygen atoms in total. The van der Waals surface area contributed by atoms with Crippen LogP contribution in [0.25, 0.3) is 11.2 Å². The number of nitrogens with one attached hydrogen (secondary N) is 1. The van der Waals surface area contributed by atoms with Crippen LogP contribution in [0.4, 0.5) is 24.9 Å². The minimum absolute atomic E-state index is 0.184. The fourth-order valence-corrected chi connectivity index (χ4v) is 6.41. The van der Waals surface area contributed by atoms with Gasteiger partial charge in [-0.3, -0.25) is 4.79 Å². The molecule has 1 saturated heterocycles. The zero-order chi connectivity index (χ0) is 33.3. The molecule has 252 valence electrons. The Morgan fingerprint density at radius 2 is 1.87 bits per heavy atom. The average Bonchev–Trinajstić information content (AvgIpc) is 3.76. The second-order valence-corrected chi connectivity index (χ2v) is 12.2. The largest absolute Gasteiger partial charge is 0.471 e. The lowest BCUT2D eigenvalue weighted by Gasteiger charge is -2.31. The Hall–Kier alpha value is -3.57. The van der Waals surface area contributed by atoms with Gasteiger partial charge in [-0.1, -0.05) is 37.3 Å². The summed E-state index contributed by atoms with van der Waals surface area (Å²) in [7, 11) is 3.96. The fraction of sp³-hybridized carbons (Fsp3) is 0.600. The molecule has 2 fully saturated rings. The number of hydrogen-bond donors (Lipinski definition) is 5. The van der Waals surface area contributed by atoms with Gasteiger partial charge in [0.05, 0.1) is 31.1 Å². The number of nitrogens with zero attached hydrogens (tertiary/aromatic N) is 7. The van der Waals surface area contributed by atoms with Crippen LogP contribution in [-0.2, 0) is 4.79 Å². The molecule has 1 aliphatic carbocycles. The number of alkyl halides is 3. The fourth-order valence-electron chi connectivity index (χ4n) is 6.41. The Labute approximate surface area is 264 Å². The molecular formula is C30H41F3N8O5. The van der Waals surface area contributed by atoms with Crippen molar-refractivity contribution in [3.8, 4) is 0 Å². The molecule has 2 aromatic heterocycles. The van der Waals surface area contributed by atoms with Crippen molar-refractivity contribution in [1.82, 2.24) is 29.3 Å². The van der Waals surface area contributed by atoms with Crippen LogP contribution in [-0.4, -0.2) is 132 Å². The van der Waals surface area contributed by atoms with E-state index in [0.717, 1.165) is 6.42 Å². The number of benzene rings is 1. The average molecular weight is 651 g/mol. The monoisotopic (exact) mass is 650 g/mol. The molecule has 2 aliphatic rings. The molecule has 1 amide bonds. The summed E-state index contributed by atoms with van der Waals surface area (Å²) in [5.41, 5.74) is 1.03. The number of aromatic nitrogens is 4. The summed E-state index contributed by atoms with van der Waals surface area (Å²) in [6.45, 7) is 2.16. The minimum Gasteiger partial charge on any atom is -0.394 e. The summed E-state index contributed by atoms with van der Waals surface area (Å²) in [6.07, 6.45) is -7.21. The first kappa shape index (κ1) is 33.8. The first-order valence-electron chi connectivity index (χ1n) is 15.4. The SMILES string of the molecule is CCCN(C(=O)C(F)(F)F)[C@H]1C[C@@H](n2cnc3c(N[C@@H](CO)[C@H](O)c4ccccc4)nc(N4CC[C@@H](N(C)C)C4)nc32)[C@H](O)[C@@H]1O. The van der Waals surface area contributed by atoms with E-state index in [1.807, 2.05) is 19.0 Å². The van der Waals surface area contributed by atoms with Crippen LogP contribution >= 0.6 is 0 Å². The Bertz CT molecular complexity index is 1490. The van der Waals surface area contributed by atoms with E-state index in [1.54, 1.807) is 37.3 Å². The first-order chi connectivity index (χ1) is 21.8. The maximum atomic E-state index is 13.5. The first-order valence-corrected chi connectivity index (χ1v) is 15.4. The van der Waals surface area contributed by atoms with Crippen LogP contribution in [0.15, 0.2) is 36.7 Å². The van der Waals surface area contributed by atoms with Crippen molar-refractivity contribution in [1.29, 1.82) is 0 Å². The smallest absolute Gasteiger partial charge is 0.394 e. The van der Waals surface area contributed by atoms with E-state index in [-0.39, 0.29) is 42.4 Å². The number of halogens is 3. The molecule has 0 bridgehead atoms. The van der Waals surface area contributed by atoms with E-state index in [9.17, 15) is 38.4 Å². The van der Waals surface area contributed by atoms with E-state index in [1.165, 1.54) is 10.9 Å². The Morgan fingerprint density at radius 1 is 1.15 bits per heavy atom. The van der Waals surface area contributed by atoms with Gasteiger partial charge in [0.15, 0.2) is 17.0 Å². The molecule has 0 unspecified atom stereocenters. The summed E-state index contributed by atoms with van der Waals surface area (Å²) in [5.74, 6) is -1.56. The molecule has 1 aromatic carbocycles. The van der Waals surface area contributed by atoms with Crippen LogP contribution < -0.4 is 10.2 Å². The van der Waals surface area contributed by atoms with Crippen LogP contribution in [0.5, 0.6) is 0 Å². The van der Waals surface area contributed by atoms with E-state index in [0.29, 0.717) is 29.5 Å². The van der Waals surface area contributed by atoms with Crippen molar-refractivity contribution in [2.45, 2.75) is 74.8 Å². The number of rotatable bonds is 11. The number of fused-ring (bicyclic) bond motifs is 1. The summed E-state index contributed by atoms with van der Waals surface area (Å²) in [5, 5.41) is 46.5. The lowest BCUT2D eigenvalue weighted by Crippen LogP contribution is -2.51. The molecule has 1 saturated carbocycles. The van der Waals surface area contributed by atoms with Crippen molar-refractivity contribution in [2.24, 2.45) is 0 Å². The highest BCUT2D eigenvalue weighted by Gasteiger charge is 2.51. The number of imidazole rings is 1. The van der Waals surface area contributed by atoms with Gasteiger partial charge in [-0.15, -0.1) is 0 Å². The quantitative estimate of drug-likeness (QED) is 0.203. The normalized spacial score (nSPS) is 24.9. The Balaban J connectivity index is 1.54. The van der Waals surface area contributed by atoms with Gasteiger partial charge >= 0.3 is 12.1 Å². The van der Waals surface area contributed by atoms with E-state index in [4.69, 9.17) is 9.97 Å². The molecule has 16 heteroatoms. The molecule has 3 heterocycles. The molecule has 0 spiro atoms. The molecule has 0 radical (unpaired) electrons. The second-order valence-electron chi connectivity index (χ2n) is 12.2. The molecule has 46 heavy (non-hydrogen) atoms. The number of likely N-dealkylation sites (N-methyl/N-ethyl adjacent to an activating group) is 1. The van der Waals surface area contributed by atoms with Crippen molar-refractivity contribution in [2.75, 3.05) is 50.6 Å². The van der Waals surface area contributed by atoms with Crippen molar-refractivity contribution in [3.05, 3.63) is 42.2 Å². The predicted molar refractivity (Wildman–Crippen MR) is 163 cm³/mol. The van der Waals surface area contributed by atoms with Crippen LogP contribution in [0.1, 0.15) is 43.9 Å². The van der Waals surface area contributed by atoms with E-state index in [2.05, 4.69) is 15.2 Å². The third-order valence-corrected chi connectivity index (χ3v) is 8.97. The molecule has 3 aromatic rings. The van der Waals surface area contributed by atoms with Crippen molar-refractivity contribution in [3.63, 3.8) is 0 Å². The summed E-state index contributed by atoms with van der Waals surface area (Å²) >= 11 is 0. The van der Waals surface area contributed by atoms with Crippen LogP contribution in [0.2, 0.25) is 0 Å². The highest BCUT2D eigenvalue weighted by atomic mass is 19.4. The molecule has 5 N–H and O–H groups in total. The zero-order valence-electron chi connectivity index (χ0n) is 25.9. The number of aliphatic hydroxyl groups is 4. The summed E-state index contributed by atoms with van der Waals surface area (Å²) in [4.78, 5) is 30.9. The highest BCUT2D eigenvalue weighted by Crippen LogP contribution is 2.38. The number of amides is 1. The van der Waals surface area contributed by atoms with Gasteiger partial charge in [0.1, 0.15) is 18.3 Å². The molecule has 5 rings (SSSR count). The zero-order valence-corrected chi connectivity index (χ0v) is 25.9. The van der Waals surface area contributed by atoms with Gasteiger partial charge in [-0.05, 0) is 38.9 Å². The van der Waals surface area contributed by atoms with Crippen molar-refractivity contribution < 1.29 is 38.4 Å². The maximum Gasteiger partial charge on any atom is 0.471 e. The number of hydrogen-bond acceptors (Lipinski definition) is 11. The van der Waals surface area contributed by atoms with Crippen LogP contribution in [0.3, 0.4) is 0 Å². The van der Waals surface area contributed by atoms with Crippen molar-refractivity contribution >= 4 is 28.8 Å².